The summed E-state index contributed by atoms with van der Waals surface area (Å²) in [4.78, 5) is 17.2. The van der Waals surface area contributed by atoms with Gasteiger partial charge in [-0.2, -0.15) is 0 Å². The Morgan fingerprint density at radius 2 is 1.74 bits per heavy atom. The number of pyridine rings is 1. The number of carbonyl (C=O) groups is 1. The van der Waals surface area contributed by atoms with E-state index in [1.54, 1.807) is 30.5 Å². The van der Waals surface area contributed by atoms with E-state index in [2.05, 4.69) is 41.4 Å². The Morgan fingerprint density at radius 3 is 2.41 bits per heavy atom. The van der Waals surface area contributed by atoms with Gasteiger partial charge in [0.05, 0.1) is 26.8 Å². The summed E-state index contributed by atoms with van der Waals surface area (Å²) < 4.78 is 0. The van der Waals surface area contributed by atoms with Crippen molar-refractivity contribution in [3.05, 3.63) is 69.8 Å². The molecule has 1 heterocycles. The number of benzene rings is 2. The van der Waals surface area contributed by atoms with E-state index in [1.807, 2.05) is 18.2 Å². The molecule has 0 saturated heterocycles. The van der Waals surface area contributed by atoms with Crippen molar-refractivity contribution in [1.82, 2.24) is 4.98 Å². The number of rotatable bonds is 2. The molecule has 0 aliphatic carbocycles. The lowest BCUT2D eigenvalue weighted by molar-refractivity contribution is 0.102. The molecule has 2 aromatic carbocycles. The van der Waals surface area contributed by atoms with Gasteiger partial charge in [-0.15, -0.1) is 5.54 Å². The molecule has 1 amide bonds. The first kappa shape index (κ1) is 19.4. The van der Waals surface area contributed by atoms with Crippen molar-refractivity contribution < 1.29 is 4.79 Å². The molecule has 3 aromatic rings. The molecule has 1 aromatic heterocycles. The van der Waals surface area contributed by atoms with Gasteiger partial charge in [0.25, 0.3) is 5.91 Å². The van der Waals surface area contributed by atoms with Gasteiger partial charge in [0.1, 0.15) is 8.07 Å². The number of amides is 1. The van der Waals surface area contributed by atoms with Crippen molar-refractivity contribution in [2.75, 3.05) is 5.32 Å². The van der Waals surface area contributed by atoms with E-state index in [0.717, 1.165) is 10.9 Å². The molecule has 0 aliphatic rings. The minimum absolute atomic E-state index is 0.246. The van der Waals surface area contributed by atoms with Crippen molar-refractivity contribution >= 4 is 53.8 Å². The molecule has 3 nitrogen and oxygen atoms in total. The van der Waals surface area contributed by atoms with E-state index in [0.29, 0.717) is 21.2 Å². The van der Waals surface area contributed by atoms with Crippen LogP contribution in [-0.4, -0.2) is 19.0 Å². The van der Waals surface area contributed by atoms with E-state index in [4.69, 9.17) is 23.2 Å². The molecule has 27 heavy (non-hydrogen) atoms. The fourth-order valence-corrected chi connectivity index (χ4v) is 3.58. The number of anilines is 1. The molecule has 0 aliphatic heterocycles. The molecule has 0 fully saturated rings. The first-order valence-corrected chi connectivity index (χ1v) is 12.7. The maximum atomic E-state index is 12.7. The second-order valence-corrected chi connectivity index (χ2v) is 12.7. The SMILES string of the molecule is C[Si](C)(C)C#Cc1cnc2c(NC(=O)c3c(Cl)cccc3Cl)cccc2c1. The van der Waals surface area contributed by atoms with Crippen LogP contribution >= 0.6 is 23.2 Å². The minimum Gasteiger partial charge on any atom is -0.320 e. The van der Waals surface area contributed by atoms with Crippen LogP contribution in [0.2, 0.25) is 29.7 Å². The number of carbonyl (C=O) groups excluding carboxylic acids is 1. The minimum atomic E-state index is -1.46. The quantitative estimate of drug-likeness (QED) is 0.412. The van der Waals surface area contributed by atoms with E-state index < -0.39 is 8.07 Å². The Kier molecular flexibility index (Phi) is 5.57. The summed E-state index contributed by atoms with van der Waals surface area (Å²) in [5.74, 6) is 2.83. The summed E-state index contributed by atoms with van der Waals surface area (Å²) in [6.07, 6.45) is 1.73. The Morgan fingerprint density at radius 1 is 1.07 bits per heavy atom. The number of halogens is 2. The van der Waals surface area contributed by atoms with E-state index in [-0.39, 0.29) is 11.5 Å². The van der Waals surface area contributed by atoms with Gasteiger partial charge in [0, 0.05) is 17.1 Å². The highest BCUT2D eigenvalue weighted by Crippen LogP contribution is 2.27. The van der Waals surface area contributed by atoms with Crippen LogP contribution in [0.25, 0.3) is 10.9 Å². The lowest BCUT2D eigenvalue weighted by Crippen LogP contribution is -2.16. The first-order chi connectivity index (χ1) is 12.7. The molecule has 0 radical (unpaired) electrons. The van der Waals surface area contributed by atoms with Gasteiger partial charge in [0.2, 0.25) is 0 Å². The summed E-state index contributed by atoms with van der Waals surface area (Å²) in [7, 11) is -1.46. The number of fused-ring (bicyclic) bond motifs is 1. The third-order valence-corrected chi connectivity index (χ3v) is 5.24. The number of nitrogens with zero attached hydrogens (tertiary/aromatic N) is 1. The summed E-state index contributed by atoms with van der Waals surface area (Å²) >= 11 is 12.3. The molecule has 0 atom stereocenters. The second-order valence-electron chi connectivity index (χ2n) is 7.15. The predicted octanol–water partition coefficient (Wildman–Crippen LogP) is 6.02. The molecular weight excluding hydrogens is 395 g/mol. The van der Waals surface area contributed by atoms with Gasteiger partial charge in [-0.25, -0.2) is 0 Å². The zero-order valence-electron chi connectivity index (χ0n) is 15.2. The third-order valence-electron chi connectivity index (χ3n) is 3.73. The van der Waals surface area contributed by atoms with E-state index in [9.17, 15) is 4.79 Å². The van der Waals surface area contributed by atoms with Crippen molar-refractivity contribution in [3.8, 4) is 11.5 Å². The first-order valence-electron chi connectivity index (χ1n) is 8.42. The van der Waals surface area contributed by atoms with Crippen molar-refractivity contribution in [1.29, 1.82) is 0 Å². The Balaban J connectivity index is 1.96. The maximum Gasteiger partial charge on any atom is 0.258 e. The molecule has 3 rings (SSSR count). The topological polar surface area (TPSA) is 42.0 Å². The van der Waals surface area contributed by atoms with Crippen LogP contribution < -0.4 is 5.32 Å². The van der Waals surface area contributed by atoms with Crippen LogP contribution in [0.1, 0.15) is 15.9 Å². The second kappa shape index (κ2) is 7.73. The molecule has 6 heteroatoms. The molecule has 0 saturated carbocycles. The monoisotopic (exact) mass is 412 g/mol. The predicted molar refractivity (Wildman–Crippen MR) is 116 cm³/mol. The van der Waals surface area contributed by atoms with Gasteiger partial charge < -0.3 is 5.32 Å². The lowest BCUT2D eigenvalue weighted by atomic mass is 10.1. The highest BCUT2D eigenvalue weighted by molar-refractivity contribution is 6.83. The Labute approximate surface area is 169 Å². The standard InChI is InChI=1S/C21H18Cl2N2OSi/c1-27(2,3)11-10-14-12-15-6-4-9-18(20(15)24-13-14)25-21(26)19-16(22)7-5-8-17(19)23/h4-9,12-13H,1-3H3,(H,25,26). The highest BCUT2D eigenvalue weighted by atomic mass is 35.5. The zero-order chi connectivity index (χ0) is 19.6. The fraction of sp³-hybridized carbons (Fsp3) is 0.143. The van der Waals surface area contributed by atoms with Crippen LogP contribution in [0.5, 0.6) is 0 Å². The van der Waals surface area contributed by atoms with E-state index >= 15 is 0 Å². The lowest BCUT2D eigenvalue weighted by Gasteiger charge is -2.10. The van der Waals surface area contributed by atoms with Crippen molar-refractivity contribution in [2.45, 2.75) is 19.6 Å². The highest BCUT2D eigenvalue weighted by Gasteiger charge is 2.16. The van der Waals surface area contributed by atoms with Crippen LogP contribution in [0.15, 0.2) is 48.7 Å². The van der Waals surface area contributed by atoms with Crippen LogP contribution in [-0.2, 0) is 0 Å². The van der Waals surface area contributed by atoms with Gasteiger partial charge in [-0.1, -0.05) is 67.0 Å². The van der Waals surface area contributed by atoms with E-state index in [1.165, 1.54) is 0 Å². The average molecular weight is 413 g/mol. The van der Waals surface area contributed by atoms with Crippen LogP contribution in [0, 0.1) is 11.5 Å². The summed E-state index contributed by atoms with van der Waals surface area (Å²) in [6.45, 7) is 6.59. The largest absolute Gasteiger partial charge is 0.320 e. The molecular formula is C21H18Cl2N2OSi. The molecule has 0 unspecified atom stereocenters. The number of hydrogen-bond donors (Lipinski definition) is 1. The summed E-state index contributed by atoms with van der Waals surface area (Å²) in [5, 5.41) is 4.37. The van der Waals surface area contributed by atoms with Gasteiger partial charge >= 0.3 is 0 Å². The molecule has 0 spiro atoms. The molecule has 0 bridgehead atoms. The maximum absolute atomic E-state index is 12.7. The smallest absolute Gasteiger partial charge is 0.258 e. The van der Waals surface area contributed by atoms with Crippen LogP contribution in [0.4, 0.5) is 5.69 Å². The third kappa shape index (κ3) is 4.70. The molecule has 136 valence electrons. The normalized spacial score (nSPS) is 11.0. The van der Waals surface area contributed by atoms with Gasteiger partial charge in [-0.05, 0) is 24.3 Å². The number of hydrogen-bond acceptors (Lipinski definition) is 2. The molecule has 1 N–H and O–H groups in total. The Hall–Kier alpha value is -2.32. The number of nitrogens with one attached hydrogen (secondary N) is 1. The average Bonchev–Trinajstić information content (AvgIpc) is 2.59. The van der Waals surface area contributed by atoms with Gasteiger partial charge in [0.15, 0.2) is 0 Å². The summed E-state index contributed by atoms with van der Waals surface area (Å²) in [6, 6.07) is 12.5. The number of para-hydroxylation sites is 1. The van der Waals surface area contributed by atoms with Crippen molar-refractivity contribution in [2.24, 2.45) is 0 Å². The fourth-order valence-electron chi connectivity index (χ4n) is 2.49. The summed E-state index contributed by atoms with van der Waals surface area (Å²) in [5.41, 5.74) is 5.73. The van der Waals surface area contributed by atoms with Gasteiger partial charge in [-0.3, -0.25) is 9.78 Å². The Bertz CT molecular complexity index is 1070. The zero-order valence-corrected chi connectivity index (χ0v) is 17.7. The van der Waals surface area contributed by atoms with Crippen molar-refractivity contribution in [3.63, 3.8) is 0 Å². The van der Waals surface area contributed by atoms with Crippen LogP contribution in [0.3, 0.4) is 0 Å². The number of aromatic nitrogens is 1.